The van der Waals surface area contributed by atoms with Gasteiger partial charge in [-0.3, -0.25) is 9.80 Å². The maximum absolute atomic E-state index is 8.74. The zero-order valence-electron chi connectivity index (χ0n) is 15.5. The molecule has 0 atom stereocenters. The van der Waals surface area contributed by atoms with Crippen molar-refractivity contribution in [3.8, 4) is 11.1 Å². The molecule has 0 unspecified atom stereocenters. The summed E-state index contributed by atoms with van der Waals surface area (Å²) < 4.78 is 5.37. The van der Waals surface area contributed by atoms with Crippen molar-refractivity contribution in [2.75, 3.05) is 52.5 Å². The molecule has 0 aromatic heterocycles. The van der Waals surface area contributed by atoms with Gasteiger partial charge in [-0.25, -0.2) is 0 Å². The highest BCUT2D eigenvalue weighted by Crippen LogP contribution is 2.26. The second-order valence-corrected chi connectivity index (χ2v) is 7.05. The average molecular weight is 411 g/mol. The predicted molar refractivity (Wildman–Crippen MR) is 114 cm³/mol. The summed E-state index contributed by atoms with van der Waals surface area (Å²) in [4.78, 5) is 4.94. The van der Waals surface area contributed by atoms with Crippen molar-refractivity contribution >= 4 is 24.0 Å². The maximum atomic E-state index is 8.74. The summed E-state index contributed by atoms with van der Waals surface area (Å²) >= 11 is 6.03. The number of aliphatic hydroxyl groups is 1. The van der Waals surface area contributed by atoms with Crippen LogP contribution in [0.1, 0.15) is 5.56 Å². The summed E-state index contributed by atoms with van der Waals surface area (Å²) in [5.74, 6) is 0. The van der Waals surface area contributed by atoms with Gasteiger partial charge in [-0.05, 0) is 28.8 Å². The van der Waals surface area contributed by atoms with Gasteiger partial charge >= 0.3 is 0 Å². The van der Waals surface area contributed by atoms with Crippen LogP contribution in [0.25, 0.3) is 11.1 Å². The van der Waals surface area contributed by atoms with E-state index < -0.39 is 0 Å². The predicted octanol–water partition coefficient (Wildman–Crippen LogP) is 3.56. The van der Waals surface area contributed by atoms with E-state index in [-0.39, 0.29) is 19.0 Å². The zero-order valence-corrected chi connectivity index (χ0v) is 17.1. The molecule has 0 spiro atoms. The first kappa shape index (κ1) is 22.2. The molecule has 1 N–H and O–H groups in total. The maximum Gasteiger partial charge on any atom is 0.0698 e. The molecule has 1 aliphatic rings. The van der Waals surface area contributed by atoms with Crippen LogP contribution in [0, 0.1) is 0 Å². The minimum Gasteiger partial charge on any atom is -0.394 e. The highest BCUT2D eigenvalue weighted by molar-refractivity contribution is 6.30. The molecule has 2 aromatic rings. The third kappa shape index (κ3) is 6.75. The number of hydrogen-bond donors (Lipinski definition) is 1. The van der Waals surface area contributed by atoms with E-state index in [2.05, 4.69) is 46.2 Å². The lowest BCUT2D eigenvalue weighted by atomic mass is 9.99. The molecular weight excluding hydrogens is 383 g/mol. The Hall–Kier alpha value is -1.14. The summed E-state index contributed by atoms with van der Waals surface area (Å²) in [5.41, 5.74) is 3.85. The van der Waals surface area contributed by atoms with Crippen LogP contribution in [-0.4, -0.2) is 67.5 Å². The molecule has 0 aliphatic carbocycles. The molecule has 148 valence electrons. The number of halogens is 2. The second-order valence-electron chi connectivity index (χ2n) is 6.62. The van der Waals surface area contributed by atoms with Gasteiger partial charge in [-0.15, -0.1) is 12.4 Å². The Bertz CT molecular complexity index is 674. The first-order chi connectivity index (χ1) is 12.8. The molecule has 1 heterocycles. The number of rotatable bonds is 8. The van der Waals surface area contributed by atoms with Crippen LogP contribution in [0.4, 0.5) is 0 Å². The summed E-state index contributed by atoms with van der Waals surface area (Å²) in [6.07, 6.45) is 0. The van der Waals surface area contributed by atoms with Gasteiger partial charge in [0.05, 0.1) is 19.8 Å². The minimum absolute atomic E-state index is 0. The van der Waals surface area contributed by atoms with E-state index >= 15 is 0 Å². The highest BCUT2D eigenvalue weighted by Gasteiger charge is 2.17. The molecule has 2 aromatic carbocycles. The standard InChI is InChI=1S/C21H27ClN2O2.ClH/c22-20-7-5-18(6-8-20)21-4-2-1-3-19(21)17-24-11-9-23(10-12-24)13-15-26-16-14-25;/h1-8,25H,9-17H2;1H. The topological polar surface area (TPSA) is 35.9 Å². The first-order valence-electron chi connectivity index (χ1n) is 9.23. The van der Waals surface area contributed by atoms with Crippen LogP contribution in [0.2, 0.25) is 5.02 Å². The van der Waals surface area contributed by atoms with Crippen molar-refractivity contribution in [1.29, 1.82) is 0 Å². The van der Waals surface area contributed by atoms with Crippen molar-refractivity contribution in [2.24, 2.45) is 0 Å². The molecule has 0 radical (unpaired) electrons. The molecule has 0 bridgehead atoms. The van der Waals surface area contributed by atoms with E-state index in [9.17, 15) is 0 Å². The first-order valence-corrected chi connectivity index (χ1v) is 9.61. The van der Waals surface area contributed by atoms with Crippen LogP contribution >= 0.6 is 24.0 Å². The Labute approximate surface area is 173 Å². The fourth-order valence-electron chi connectivity index (χ4n) is 3.34. The van der Waals surface area contributed by atoms with Crippen molar-refractivity contribution in [2.45, 2.75) is 6.54 Å². The van der Waals surface area contributed by atoms with E-state index in [0.29, 0.717) is 13.2 Å². The fraction of sp³-hybridized carbons (Fsp3) is 0.429. The Kier molecular flexibility index (Phi) is 9.56. The minimum atomic E-state index is 0. The smallest absolute Gasteiger partial charge is 0.0698 e. The van der Waals surface area contributed by atoms with E-state index in [0.717, 1.165) is 44.3 Å². The molecule has 6 heteroatoms. The van der Waals surface area contributed by atoms with Crippen molar-refractivity contribution in [1.82, 2.24) is 9.80 Å². The van der Waals surface area contributed by atoms with Gasteiger partial charge in [0.2, 0.25) is 0 Å². The number of ether oxygens (including phenoxy) is 1. The number of aliphatic hydroxyl groups excluding tert-OH is 1. The molecule has 0 amide bonds. The molecular formula is C21H28Cl2N2O2. The Balaban J connectivity index is 0.00000261. The van der Waals surface area contributed by atoms with Gasteiger partial charge in [0.1, 0.15) is 0 Å². The van der Waals surface area contributed by atoms with E-state index in [1.54, 1.807) is 0 Å². The monoisotopic (exact) mass is 410 g/mol. The lowest BCUT2D eigenvalue weighted by molar-refractivity contribution is 0.0564. The molecule has 1 saturated heterocycles. The van der Waals surface area contributed by atoms with Crippen LogP contribution in [0.5, 0.6) is 0 Å². The second kappa shape index (κ2) is 11.6. The van der Waals surface area contributed by atoms with E-state index in [4.69, 9.17) is 21.4 Å². The number of nitrogens with zero attached hydrogens (tertiary/aromatic N) is 2. The third-order valence-corrected chi connectivity index (χ3v) is 5.07. The average Bonchev–Trinajstić information content (AvgIpc) is 2.68. The van der Waals surface area contributed by atoms with Gasteiger partial charge in [0, 0.05) is 44.3 Å². The quantitative estimate of drug-likeness (QED) is 0.674. The van der Waals surface area contributed by atoms with Crippen LogP contribution < -0.4 is 0 Å². The lowest BCUT2D eigenvalue weighted by Crippen LogP contribution is -2.46. The van der Waals surface area contributed by atoms with Crippen molar-refractivity contribution < 1.29 is 9.84 Å². The van der Waals surface area contributed by atoms with Crippen molar-refractivity contribution in [3.05, 3.63) is 59.1 Å². The summed E-state index contributed by atoms with van der Waals surface area (Å²) in [7, 11) is 0. The van der Waals surface area contributed by atoms with Gasteiger partial charge in [-0.1, -0.05) is 48.0 Å². The molecule has 3 rings (SSSR count). The van der Waals surface area contributed by atoms with Crippen LogP contribution in [0.3, 0.4) is 0 Å². The largest absolute Gasteiger partial charge is 0.394 e. The third-order valence-electron chi connectivity index (χ3n) is 4.82. The van der Waals surface area contributed by atoms with Crippen LogP contribution in [0.15, 0.2) is 48.5 Å². The fourth-order valence-corrected chi connectivity index (χ4v) is 3.47. The van der Waals surface area contributed by atoms with Crippen molar-refractivity contribution in [3.63, 3.8) is 0 Å². The lowest BCUT2D eigenvalue weighted by Gasteiger charge is -2.35. The van der Waals surface area contributed by atoms with Gasteiger partial charge in [0.25, 0.3) is 0 Å². The highest BCUT2D eigenvalue weighted by atomic mass is 35.5. The Morgan fingerprint density at radius 1 is 0.889 bits per heavy atom. The van der Waals surface area contributed by atoms with E-state index in [1.807, 2.05) is 12.1 Å². The SMILES string of the molecule is Cl.OCCOCCN1CCN(Cc2ccccc2-c2ccc(Cl)cc2)CC1. The number of piperazine rings is 1. The summed E-state index contributed by atoms with van der Waals surface area (Å²) in [6, 6.07) is 16.7. The number of benzene rings is 2. The van der Waals surface area contributed by atoms with Gasteiger partial charge < -0.3 is 9.84 Å². The summed E-state index contributed by atoms with van der Waals surface area (Å²) in [6.45, 7) is 7.38. The van der Waals surface area contributed by atoms with Gasteiger partial charge in [-0.2, -0.15) is 0 Å². The Morgan fingerprint density at radius 2 is 1.56 bits per heavy atom. The van der Waals surface area contributed by atoms with E-state index in [1.165, 1.54) is 16.7 Å². The zero-order chi connectivity index (χ0) is 18.2. The summed E-state index contributed by atoms with van der Waals surface area (Å²) in [5, 5.41) is 9.51. The van der Waals surface area contributed by atoms with Gasteiger partial charge in [0.15, 0.2) is 0 Å². The molecule has 1 fully saturated rings. The molecule has 0 saturated carbocycles. The number of hydrogen-bond acceptors (Lipinski definition) is 4. The normalized spacial score (nSPS) is 15.5. The Morgan fingerprint density at radius 3 is 2.26 bits per heavy atom. The molecule has 27 heavy (non-hydrogen) atoms. The molecule has 1 aliphatic heterocycles. The van der Waals surface area contributed by atoms with Crippen LogP contribution in [-0.2, 0) is 11.3 Å². The molecule has 4 nitrogen and oxygen atoms in total.